The number of carbonyl (C=O) groups excluding carboxylic acids is 2. The Balaban J connectivity index is 2.74. The number of carbonyl (C=O) groups is 3. The summed E-state index contributed by atoms with van der Waals surface area (Å²) in [5.41, 5.74) is 6.37. The first-order valence-corrected chi connectivity index (χ1v) is 6.49. The van der Waals surface area contributed by atoms with Crippen LogP contribution in [0.1, 0.15) is 30.1 Å². The minimum absolute atomic E-state index is 0.0329. The lowest BCUT2D eigenvalue weighted by atomic mass is 10.1. The third-order valence-corrected chi connectivity index (χ3v) is 2.70. The predicted octanol–water partition coefficient (Wildman–Crippen LogP) is 0.795. The Kier molecular flexibility index (Phi) is 6.19. The zero-order chi connectivity index (χ0) is 15.8. The number of hydrogen-bond donors (Lipinski definition) is 3. The van der Waals surface area contributed by atoms with Gasteiger partial charge in [-0.2, -0.15) is 0 Å². The van der Waals surface area contributed by atoms with Gasteiger partial charge < -0.3 is 20.9 Å². The van der Waals surface area contributed by atoms with Gasteiger partial charge in [-0.3, -0.25) is 9.59 Å². The molecule has 0 unspecified atom stereocenters. The second-order valence-corrected chi connectivity index (χ2v) is 4.33. The number of hydrogen-bond acceptors (Lipinski definition) is 5. The molecule has 1 rings (SSSR count). The highest BCUT2D eigenvalue weighted by atomic mass is 16.5. The average molecular weight is 294 g/mol. The van der Waals surface area contributed by atoms with Crippen molar-refractivity contribution >= 4 is 23.5 Å². The van der Waals surface area contributed by atoms with Gasteiger partial charge in [-0.05, 0) is 37.6 Å². The zero-order valence-electron chi connectivity index (χ0n) is 11.7. The van der Waals surface area contributed by atoms with Crippen LogP contribution in [0.25, 0.3) is 0 Å². The molecular formula is C14H18N2O5. The van der Waals surface area contributed by atoms with Crippen molar-refractivity contribution in [1.29, 1.82) is 0 Å². The molecule has 0 aliphatic heterocycles. The van der Waals surface area contributed by atoms with Gasteiger partial charge in [0.15, 0.2) is 0 Å². The van der Waals surface area contributed by atoms with Gasteiger partial charge >= 0.3 is 11.9 Å². The second kappa shape index (κ2) is 7.88. The minimum atomic E-state index is -1.05. The van der Waals surface area contributed by atoms with Crippen LogP contribution in [-0.2, 0) is 14.3 Å². The van der Waals surface area contributed by atoms with Crippen LogP contribution in [0.15, 0.2) is 24.3 Å². The smallest absolute Gasteiger partial charge is 0.328 e. The molecule has 0 radical (unpaired) electrons. The topological polar surface area (TPSA) is 119 Å². The summed E-state index contributed by atoms with van der Waals surface area (Å²) in [5.74, 6) is -2.19. The van der Waals surface area contributed by atoms with Crippen LogP contribution >= 0.6 is 0 Å². The Morgan fingerprint density at radius 3 is 2.43 bits per heavy atom. The summed E-state index contributed by atoms with van der Waals surface area (Å²) >= 11 is 0. The number of ether oxygens (including phenoxy) is 1. The summed E-state index contributed by atoms with van der Waals surface area (Å²) in [4.78, 5) is 34.3. The largest absolute Gasteiger partial charge is 0.481 e. The summed E-state index contributed by atoms with van der Waals surface area (Å²) in [7, 11) is 0. The molecule has 0 fully saturated rings. The molecule has 114 valence electrons. The van der Waals surface area contributed by atoms with E-state index in [9.17, 15) is 14.4 Å². The first kappa shape index (κ1) is 16.5. The van der Waals surface area contributed by atoms with Crippen LogP contribution in [0.4, 0.5) is 5.69 Å². The molecule has 0 bridgehead atoms. The Labute approximate surface area is 122 Å². The number of benzene rings is 1. The van der Waals surface area contributed by atoms with Crippen molar-refractivity contribution in [1.82, 2.24) is 5.32 Å². The van der Waals surface area contributed by atoms with Crippen LogP contribution < -0.4 is 11.1 Å². The van der Waals surface area contributed by atoms with E-state index in [-0.39, 0.29) is 19.4 Å². The number of aliphatic carboxylic acids is 1. The molecule has 0 aliphatic rings. The SMILES string of the molecule is CCOC(=O)[C@H](CCC(=O)O)NC(=O)c1ccc(N)cc1. The van der Waals surface area contributed by atoms with E-state index in [0.29, 0.717) is 11.3 Å². The van der Waals surface area contributed by atoms with E-state index >= 15 is 0 Å². The highest BCUT2D eigenvalue weighted by Gasteiger charge is 2.23. The number of rotatable bonds is 7. The van der Waals surface area contributed by atoms with Gasteiger partial charge in [-0.15, -0.1) is 0 Å². The Bertz CT molecular complexity index is 513. The van der Waals surface area contributed by atoms with Gasteiger partial charge in [-0.25, -0.2) is 4.79 Å². The molecule has 0 saturated heterocycles. The molecule has 1 aromatic carbocycles. The number of nitrogen functional groups attached to an aromatic ring is 1. The van der Waals surface area contributed by atoms with Crippen LogP contribution in [0.5, 0.6) is 0 Å². The first-order chi connectivity index (χ1) is 9.93. The monoisotopic (exact) mass is 294 g/mol. The summed E-state index contributed by atoms with van der Waals surface area (Å²) in [5, 5.41) is 11.2. The molecule has 21 heavy (non-hydrogen) atoms. The number of carboxylic acids is 1. The fraction of sp³-hybridized carbons (Fsp3) is 0.357. The quantitative estimate of drug-likeness (QED) is 0.505. The van der Waals surface area contributed by atoms with E-state index in [0.717, 1.165) is 0 Å². The lowest BCUT2D eigenvalue weighted by molar-refractivity contribution is -0.146. The number of anilines is 1. The van der Waals surface area contributed by atoms with Crippen molar-refractivity contribution < 1.29 is 24.2 Å². The molecule has 0 saturated carbocycles. The molecule has 7 nitrogen and oxygen atoms in total. The lowest BCUT2D eigenvalue weighted by Gasteiger charge is -2.16. The van der Waals surface area contributed by atoms with Crippen LogP contribution in [0, 0.1) is 0 Å². The van der Waals surface area contributed by atoms with Crippen molar-refractivity contribution in [3.8, 4) is 0 Å². The standard InChI is InChI=1S/C14H18N2O5/c1-2-21-14(20)11(7-8-12(17)18)16-13(19)9-3-5-10(15)6-4-9/h3-6,11H,2,7-8,15H2,1H3,(H,16,19)(H,17,18)/t11-/m0/s1. The second-order valence-electron chi connectivity index (χ2n) is 4.33. The Hall–Kier alpha value is -2.57. The molecular weight excluding hydrogens is 276 g/mol. The molecule has 0 aromatic heterocycles. The number of nitrogens with one attached hydrogen (secondary N) is 1. The molecule has 0 heterocycles. The molecule has 1 amide bonds. The van der Waals surface area contributed by atoms with Crippen molar-refractivity contribution in [2.24, 2.45) is 0 Å². The van der Waals surface area contributed by atoms with Crippen molar-refractivity contribution in [3.05, 3.63) is 29.8 Å². The predicted molar refractivity (Wildman–Crippen MR) is 75.6 cm³/mol. The third kappa shape index (κ3) is 5.52. The summed E-state index contributed by atoms with van der Waals surface area (Å²) in [6, 6.07) is 5.16. The Morgan fingerprint density at radius 1 is 1.29 bits per heavy atom. The van der Waals surface area contributed by atoms with Crippen molar-refractivity contribution in [3.63, 3.8) is 0 Å². The van der Waals surface area contributed by atoms with E-state index < -0.39 is 23.9 Å². The van der Waals surface area contributed by atoms with E-state index in [4.69, 9.17) is 15.6 Å². The number of nitrogens with two attached hydrogens (primary N) is 1. The van der Waals surface area contributed by atoms with Gasteiger partial charge in [0.05, 0.1) is 6.61 Å². The van der Waals surface area contributed by atoms with Crippen molar-refractivity contribution in [2.45, 2.75) is 25.8 Å². The van der Waals surface area contributed by atoms with E-state index in [1.165, 1.54) is 12.1 Å². The van der Waals surface area contributed by atoms with Crippen LogP contribution in [0.2, 0.25) is 0 Å². The normalized spacial score (nSPS) is 11.5. The van der Waals surface area contributed by atoms with Gasteiger partial charge in [0, 0.05) is 17.7 Å². The van der Waals surface area contributed by atoms with E-state index in [1.807, 2.05) is 0 Å². The Morgan fingerprint density at radius 2 is 1.90 bits per heavy atom. The molecule has 7 heteroatoms. The van der Waals surface area contributed by atoms with E-state index in [1.54, 1.807) is 19.1 Å². The molecule has 1 aromatic rings. The summed E-state index contributed by atoms with van der Waals surface area (Å²) < 4.78 is 4.83. The summed E-state index contributed by atoms with van der Waals surface area (Å²) in [6.07, 6.45) is -0.277. The molecule has 1 atom stereocenters. The fourth-order valence-corrected chi connectivity index (χ4v) is 1.64. The van der Waals surface area contributed by atoms with Crippen LogP contribution in [0.3, 0.4) is 0 Å². The maximum atomic E-state index is 12.0. The first-order valence-electron chi connectivity index (χ1n) is 6.49. The highest BCUT2D eigenvalue weighted by molar-refractivity contribution is 5.97. The van der Waals surface area contributed by atoms with Crippen molar-refractivity contribution in [2.75, 3.05) is 12.3 Å². The third-order valence-electron chi connectivity index (χ3n) is 2.70. The minimum Gasteiger partial charge on any atom is -0.481 e. The zero-order valence-corrected chi connectivity index (χ0v) is 11.7. The molecule has 0 spiro atoms. The van der Waals surface area contributed by atoms with Gasteiger partial charge in [0.1, 0.15) is 6.04 Å². The average Bonchev–Trinajstić information content (AvgIpc) is 2.43. The fourth-order valence-electron chi connectivity index (χ4n) is 1.64. The van der Waals surface area contributed by atoms with Gasteiger partial charge in [-0.1, -0.05) is 0 Å². The molecule has 0 aliphatic carbocycles. The number of amides is 1. The molecule has 4 N–H and O–H groups in total. The lowest BCUT2D eigenvalue weighted by Crippen LogP contribution is -2.42. The van der Waals surface area contributed by atoms with Gasteiger partial charge in [0.25, 0.3) is 5.91 Å². The maximum Gasteiger partial charge on any atom is 0.328 e. The summed E-state index contributed by atoms with van der Waals surface area (Å²) in [6.45, 7) is 1.79. The van der Waals surface area contributed by atoms with Crippen LogP contribution in [-0.4, -0.2) is 35.6 Å². The number of carboxylic acid groups (broad SMARTS) is 1. The van der Waals surface area contributed by atoms with Gasteiger partial charge in [0.2, 0.25) is 0 Å². The highest BCUT2D eigenvalue weighted by Crippen LogP contribution is 2.07. The van der Waals surface area contributed by atoms with E-state index in [2.05, 4.69) is 5.32 Å². The number of esters is 1. The maximum absolute atomic E-state index is 12.0.